The van der Waals surface area contributed by atoms with E-state index in [1.165, 1.54) is 0 Å². The normalized spacial score (nSPS) is 13.3. The summed E-state index contributed by atoms with van der Waals surface area (Å²) in [5.41, 5.74) is 4.07. The summed E-state index contributed by atoms with van der Waals surface area (Å²) >= 11 is 18.4. The van der Waals surface area contributed by atoms with Crippen LogP contribution in [0.15, 0.2) is 83.9 Å². The molecule has 29 heavy (non-hydrogen) atoms. The Morgan fingerprint density at radius 2 is 1.10 bits per heavy atom. The molecule has 2 nitrogen and oxygen atoms in total. The number of fused-ring (bicyclic) bond motifs is 1. The first kappa shape index (κ1) is 19.7. The molecular weight excluding hydrogens is 427 g/mol. The maximum Gasteiger partial charge on any atom is 0.245 e. The average Bonchev–Trinajstić information content (AvgIpc) is 2.74. The van der Waals surface area contributed by atoms with Crippen molar-refractivity contribution in [3.8, 4) is 0 Å². The highest BCUT2D eigenvalue weighted by Gasteiger charge is 2.31. The average molecular weight is 440 g/mol. The molecule has 0 spiro atoms. The van der Waals surface area contributed by atoms with Crippen molar-refractivity contribution in [2.45, 2.75) is 0 Å². The van der Waals surface area contributed by atoms with Gasteiger partial charge in [0, 0.05) is 21.2 Å². The Labute approximate surface area is 183 Å². The highest BCUT2D eigenvalue weighted by atomic mass is 35.5. The quantitative estimate of drug-likeness (QED) is 0.419. The first-order chi connectivity index (χ1) is 14.0. The standard InChI is InChI=1S/C24H13Cl3O2/c25-16-9-5-14(6-10-16)20(15-7-11-17(26)12-8-15)13-21-18-3-1-2-4-19(18)23(28)24(29)22(21)27/h1-13H. The Kier molecular flexibility index (Phi) is 5.42. The molecular formula is C24H13Cl3O2. The summed E-state index contributed by atoms with van der Waals surface area (Å²) < 4.78 is 0. The van der Waals surface area contributed by atoms with E-state index in [0.717, 1.165) is 16.7 Å². The maximum absolute atomic E-state index is 12.4. The van der Waals surface area contributed by atoms with Crippen LogP contribution in [-0.4, -0.2) is 11.6 Å². The van der Waals surface area contributed by atoms with Crippen molar-refractivity contribution in [2.24, 2.45) is 0 Å². The van der Waals surface area contributed by atoms with Crippen molar-refractivity contribution in [1.29, 1.82) is 0 Å². The van der Waals surface area contributed by atoms with E-state index in [9.17, 15) is 9.59 Å². The molecule has 0 amide bonds. The molecule has 4 rings (SSSR count). The second-order valence-electron chi connectivity index (χ2n) is 6.50. The van der Waals surface area contributed by atoms with Crippen LogP contribution in [0, 0.1) is 0 Å². The molecule has 1 aliphatic carbocycles. The number of rotatable bonds is 3. The van der Waals surface area contributed by atoms with Gasteiger partial charge in [0.15, 0.2) is 0 Å². The van der Waals surface area contributed by atoms with E-state index < -0.39 is 11.6 Å². The fourth-order valence-electron chi connectivity index (χ4n) is 3.26. The molecule has 3 aromatic carbocycles. The van der Waals surface area contributed by atoms with Gasteiger partial charge in [-0.15, -0.1) is 0 Å². The summed E-state index contributed by atoms with van der Waals surface area (Å²) in [5.74, 6) is -1.30. The van der Waals surface area contributed by atoms with Crippen LogP contribution in [0.5, 0.6) is 0 Å². The van der Waals surface area contributed by atoms with Crippen molar-refractivity contribution in [3.05, 3.63) is 116 Å². The Bertz CT molecular complexity index is 1140. The van der Waals surface area contributed by atoms with E-state index in [2.05, 4.69) is 0 Å². The van der Waals surface area contributed by atoms with E-state index >= 15 is 0 Å². The molecule has 0 aliphatic heterocycles. The fraction of sp³-hybridized carbons (Fsp3) is 0. The van der Waals surface area contributed by atoms with Gasteiger partial charge in [0.2, 0.25) is 11.6 Å². The number of carbonyl (C=O) groups excluding carboxylic acids is 2. The highest BCUT2D eigenvalue weighted by molar-refractivity contribution is 6.64. The summed E-state index contributed by atoms with van der Waals surface area (Å²) in [7, 11) is 0. The van der Waals surface area contributed by atoms with Crippen LogP contribution in [0.4, 0.5) is 0 Å². The number of benzene rings is 3. The third-order valence-electron chi connectivity index (χ3n) is 4.70. The van der Waals surface area contributed by atoms with Crippen LogP contribution in [0.25, 0.3) is 11.1 Å². The minimum Gasteiger partial charge on any atom is -0.285 e. The van der Waals surface area contributed by atoms with E-state index in [1.54, 1.807) is 42.5 Å². The minimum absolute atomic E-state index is 0.0888. The molecule has 3 aromatic rings. The Hall–Kier alpha value is -2.65. The highest BCUT2D eigenvalue weighted by Crippen LogP contribution is 2.36. The van der Waals surface area contributed by atoms with E-state index in [0.29, 0.717) is 26.7 Å². The van der Waals surface area contributed by atoms with Gasteiger partial charge in [0.25, 0.3) is 0 Å². The lowest BCUT2D eigenvalue weighted by atomic mass is 9.86. The van der Waals surface area contributed by atoms with Gasteiger partial charge in [-0.1, -0.05) is 83.3 Å². The third kappa shape index (κ3) is 3.79. The summed E-state index contributed by atoms with van der Waals surface area (Å²) in [6, 6.07) is 21.7. The molecule has 0 saturated carbocycles. The zero-order valence-electron chi connectivity index (χ0n) is 15.0. The van der Waals surface area contributed by atoms with Crippen LogP contribution in [0.2, 0.25) is 10.0 Å². The van der Waals surface area contributed by atoms with Crippen molar-refractivity contribution < 1.29 is 9.59 Å². The Balaban J connectivity index is 1.97. The smallest absolute Gasteiger partial charge is 0.245 e. The molecule has 0 heterocycles. The van der Waals surface area contributed by atoms with Gasteiger partial charge in [0.05, 0.1) is 5.03 Å². The Morgan fingerprint density at radius 3 is 1.62 bits per heavy atom. The van der Waals surface area contributed by atoms with Gasteiger partial charge in [-0.25, -0.2) is 0 Å². The van der Waals surface area contributed by atoms with Crippen LogP contribution < -0.4 is 0 Å². The number of ketones is 2. The number of Topliss-reactive ketones (excluding diaryl/α,β-unsaturated/α-hetero) is 2. The SMILES string of the molecule is O=C1C(=O)c2ccccc2C(C=C(c2ccc(Cl)cc2)c2ccc(Cl)cc2)=C1Cl. The molecule has 1 aliphatic rings. The van der Waals surface area contributed by atoms with E-state index in [-0.39, 0.29) is 5.03 Å². The predicted octanol–water partition coefficient (Wildman–Crippen LogP) is 6.84. The first-order valence-electron chi connectivity index (χ1n) is 8.77. The van der Waals surface area contributed by atoms with Crippen molar-refractivity contribution >= 4 is 57.5 Å². The van der Waals surface area contributed by atoms with Gasteiger partial charge in [0.1, 0.15) is 0 Å². The lowest BCUT2D eigenvalue weighted by molar-refractivity contribution is -0.111. The van der Waals surface area contributed by atoms with Crippen LogP contribution in [0.3, 0.4) is 0 Å². The molecule has 142 valence electrons. The molecule has 5 heteroatoms. The summed E-state index contributed by atoms with van der Waals surface area (Å²) in [6.45, 7) is 0. The largest absolute Gasteiger partial charge is 0.285 e. The second kappa shape index (κ2) is 8.00. The first-order valence-corrected chi connectivity index (χ1v) is 9.91. The fourth-order valence-corrected chi connectivity index (χ4v) is 3.75. The number of hydrogen-bond acceptors (Lipinski definition) is 2. The van der Waals surface area contributed by atoms with Crippen LogP contribution in [0.1, 0.15) is 27.0 Å². The zero-order valence-corrected chi connectivity index (χ0v) is 17.2. The predicted molar refractivity (Wildman–Crippen MR) is 119 cm³/mol. The molecule has 0 aromatic heterocycles. The van der Waals surface area contributed by atoms with Crippen LogP contribution >= 0.6 is 34.8 Å². The lowest BCUT2D eigenvalue weighted by Crippen LogP contribution is -2.21. The summed E-state index contributed by atoms with van der Waals surface area (Å²) in [6.07, 6.45) is 1.83. The van der Waals surface area contributed by atoms with E-state index in [4.69, 9.17) is 34.8 Å². The maximum atomic E-state index is 12.4. The van der Waals surface area contributed by atoms with Crippen LogP contribution in [-0.2, 0) is 4.79 Å². The van der Waals surface area contributed by atoms with Crippen molar-refractivity contribution in [2.75, 3.05) is 0 Å². The minimum atomic E-state index is -0.705. The monoisotopic (exact) mass is 438 g/mol. The number of carbonyl (C=O) groups is 2. The number of hydrogen-bond donors (Lipinski definition) is 0. The van der Waals surface area contributed by atoms with Crippen molar-refractivity contribution in [1.82, 2.24) is 0 Å². The van der Waals surface area contributed by atoms with Gasteiger partial charge < -0.3 is 0 Å². The molecule has 0 N–H and O–H groups in total. The lowest BCUT2D eigenvalue weighted by Gasteiger charge is -2.18. The Morgan fingerprint density at radius 1 is 0.621 bits per heavy atom. The topological polar surface area (TPSA) is 34.1 Å². The van der Waals surface area contributed by atoms with Gasteiger partial charge in [-0.3, -0.25) is 9.59 Å². The number of halogens is 3. The van der Waals surface area contributed by atoms with E-state index in [1.807, 2.05) is 36.4 Å². The van der Waals surface area contributed by atoms with Gasteiger partial charge in [-0.05, 0) is 52.6 Å². The molecule has 0 unspecified atom stereocenters. The second-order valence-corrected chi connectivity index (χ2v) is 7.75. The number of allylic oxidation sites excluding steroid dienone is 3. The molecule has 0 radical (unpaired) electrons. The molecule has 0 atom stereocenters. The summed E-state index contributed by atoms with van der Waals surface area (Å²) in [5, 5.41) is 1.14. The summed E-state index contributed by atoms with van der Waals surface area (Å²) in [4.78, 5) is 24.8. The van der Waals surface area contributed by atoms with Gasteiger partial charge in [-0.2, -0.15) is 0 Å². The van der Waals surface area contributed by atoms with Crippen molar-refractivity contribution in [3.63, 3.8) is 0 Å². The molecule has 0 saturated heterocycles. The third-order valence-corrected chi connectivity index (χ3v) is 5.58. The molecule has 0 bridgehead atoms. The van der Waals surface area contributed by atoms with Gasteiger partial charge >= 0.3 is 0 Å². The molecule has 0 fully saturated rings. The zero-order chi connectivity index (χ0) is 20.5.